The number of para-hydroxylation sites is 2. The highest BCUT2D eigenvalue weighted by atomic mass is 15.2. The van der Waals surface area contributed by atoms with E-state index in [0.717, 1.165) is 0 Å². The third-order valence-electron chi connectivity index (χ3n) is 9.97. The number of hydrogen-bond donors (Lipinski definition) is 0. The molecule has 7 aromatic carbocycles. The van der Waals surface area contributed by atoms with Crippen molar-refractivity contribution in [2.24, 2.45) is 0 Å². The second-order valence-corrected chi connectivity index (χ2v) is 12.6. The molecular formula is C43H29BN2. The van der Waals surface area contributed by atoms with Crippen LogP contribution in [0.25, 0.3) is 49.7 Å². The molecule has 0 amide bonds. The Labute approximate surface area is 268 Å². The SMILES string of the molecule is Cc1cc2c3c(c1)-n1c4ccc(-c5ccccc5)cc4c4cc(-c5ccccc5)cc(c41)B3c1ccccc1N2c1ccccc1. The van der Waals surface area contributed by atoms with E-state index in [0.29, 0.717) is 0 Å². The predicted octanol–water partition coefficient (Wildman–Crippen LogP) is 9.04. The molecule has 3 heterocycles. The van der Waals surface area contributed by atoms with E-state index in [4.69, 9.17) is 0 Å². The number of nitrogens with zero attached hydrogens (tertiary/aromatic N) is 2. The van der Waals surface area contributed by atoms with Gasteiger partial charge in [0.05, 0.1) is 5.52 Å². The molecule has 0 saturated carbocycles. The van der Waals surface area contributed by atoms with E-state index in [2.05, 4.69) is 174 Å². The lowest BCUT2D eigenvalue weighted by Crippen LogP contribution is -2.60. The van der Waals surface area contributed by atoms with Crippen molar-refractivity contribution in [1.29, 1.82) is 0 Å². The van der Waals surface area contributed by atoms with Gasteiger partial charge in [-0.15, -0.1) is 0 Å². The van der Waals surface area contributed by atoms with Crippen molar-refractivity contribution in [3.63, 3.8) is 0 Å². The maximum atomic E-state index is 2.56. The summed E-state index contributed by atoms with van der Waals surface area (Å²) in [7, 11) is 0. The molecule has 2 nitrogen and oxygen atoms in total. The van der Waals surface area contributed by atoms with Crippen LogP contribution in [-0.4, -0.2) is 11.3 Å². The molecule has 2 aliphatic heterocycles. The number of aryl methyl sites for hydroxylation is 1. The minimum atomic E-state index is 0.110. The Morgan fingerprint density at radius 1 is 0.457 bits per heavy atom. The van der Waals surface area contributed by atoms with Gasteiger partial charge in [0.15, 0.2) is 0 Å². The molecular weight excluding hydrogens is 555 g/mol. The quantitative estimate of drug-likeness (QED) is 0.188. The first-order valence-corrected chi connectivity index (χ1v) is 16.1. The van der Waals surface area contributed by atoms with Crippen LogP contribution in [0.3, 0.4) is 0 Å². The van der Waals surface area contributed by atoms with Gasteiger partial charge in [0.1, 0.15) is 0 Å². The van der Waals surface area contributed by atoms with E-state index in [-0.39, 0.29) is 6.71 Å². The Kier molecular flexibility index (Phi) is 5.33. The van der Waals surface area contributed by atoms with Crippen molar-refractivity contribution in [2.45, 2.75) is 6.92 Å². The summed E-state index contributed by atoms with van der Waals surface area (Å²) in [5.41, 5.74) is 17.9. The summed E-state index contributed by atoms with van der Waals surface area (Å²) in [5.74, 6) is 0. The topological polar surface area (TPSA) is 8.17 Å². The van der Waals surface area contributed by atoms with Gasteiger partial charge in [-0.3, -0.25) is 0 Å². The molecule has 0 bridgehead atoms. The normalized spacial score (nSPS) is 12.8. The minimum Gasteiger partial charge on any atom is -0.311 e. The highest BCUT2D eigenvalue weighted by molar-refractivity contribution is 7.00. The maximum absolute atomic E-state index is 2.56. The average molecular weight is 585 g/mol. The zero-order valence-corrected chi connectivity index (χ0v) is 25.5. The molecule has 0 fully saturated rings. The number of fused-ring (bicyclic) bond motifs is 7. The van der Waals surface area contributed by atoms with Gasteiger partial charge in [0, 0.05) is 39.0 Å². The zero-order valence-electron chi connectivity index (χ0n) is 25.5. The van der Waals surface area contributed by atoms with Gasteiger partial charge in [-0.1, -0.05) is 109 Å². The lowest BCUT2D eigenvalue weighted by Gasteiger charge is -2.40. The van der Waals surface area contributed by atoms with Crippen molar-refractivity contribution in [3.05, 3.63) is 163 Å². The monoisotopic (exact) mass is 584 g/mol. The Morgan fingerprint density at radius 3 is 1.85 bits per heavy atom. The molecule has 0 aliphatic carbocycles. The molecule has 214 valence electrons. The molecule has 3 heteroatoms. The molecule has 46 heavy (non-hydrogen) atoms. The lowest BCUT2D eigenvalue weighted by molar-refractivity contribution is 1.17. The highest BCUT2D eigenvalue weighted by Crippen LogP contribution is 2.43. The zero-order chi connectivity index (χ0) is 30.4. The predicted molar refractivity (Wildman–Crippen MR) is 196 cm³/mol. The summed E-state index contributed by atoms with van der Waals surface area (Å²) < 4.78 is 2.56. The Bertz CT molecular complexity index is 2480. The molecule has 2 aliphatic rings. The summed E-state index contributed by atoms with van der Waals surface area (Å²) in [5, 5.41) is 2.60. The van der Waals surface area contributed by atoms with E-state index in [9.17, 15) is 0 Å². The van der Waals surface area contributed by atoms with Crippen LogP contribution in [0.4, 0.5) is 17.1 Å². The Balaban J connectivity index is 1.37. The second kappa shape index (κ2) is 9.60. The molecule has 10 rings (SSSR count). The van der Waals surface area contributed by atoms with E-state index in [1.54, 1.807) is 0 Å². The fraction of sp³-hybridized carbons (Fsp3) is 0.0233. The van der Waals surface area contributed by atoms with E-state index in [1.165, 1.54) is 88.8 Å². The first-order chi connectivity index (χ1) is 22.7. The van der Waals surface area contributed by atoms with Crippen LogP contribution in [0.5, 0.6) is 0 Å². The molecule has 0 saturated heterocycles. The maximum Gasteiger partial charge on any atom is 0.252 e. The van der Waals surface area contributed by atoms with E-state index >= 15 is 0 Å². The van der Waals surface area contributed by atoms with E-state index in [1.807, 2.05) is 0 Å². The Hall–Kier alpha value is -5.80. The molecule has 8 aromatic rings. The third-order valence-corrected chi connectivity index (χ3v) is 9.97. The van der Waals surface area contributed by atoms with Gasteiger partial charge in [-0.25, -0.2) is 0 Å². The van der Waals surface area contributed by atoms with Gasteiger partial charge < -0.3 is 9.47 Å². The van der Waals surface area contributed by atoms with Crippen molar-refractivity contribution in [2.75, 3.05) is 4.90 Å². The van der Waals surface area contributed by atoms with Crippen LogP contribution < -0.4 is 21.3 Å². The molecule has 1 aromatic heterocycles. The third kappa shape index (κ3) is 3.54. The standard InChI is InChI=1S/C43H29BN2/c1-28-23-40-42-41(24-28)46-38-22-21-31(29-13-5-2-6-14-29)25-34(38)35-26-32(30-15-7-3-8-16-30)27-37(43(35)46)44(42)36-19-11-12-20-39(36)45(40)33-17-9-4-10-18-33/h2-27H,1H3. The largest absolute Gasteiger partial charge is 0.311 e. The van der Waals surface area contributed by atoms with Gasteiger partial charge >= 0.3 is 0 Å². The van der Waals surface area contributed by atoms with Crippen LogP contribution in [-0.2, 0) is 0 Å². The smallest absolute Gasteiger partial charge is 0.252 e. The fourth-order valence-corrected chi connectivity index (χ4v) is 8.08. The molecule has 0 spiro atoms. The molecule has 0 atom stereocenters. The van der Waals surface area contributed by atoms with Crippen LogP contribution in [0, 0.1) is 6.92 Å². The number of rotatable bonds is 3. The van der Waals surface area contributed by atoms with Crippen molar-refractivity contribution in [1.82, 2.24) is 4.57 Å². The number of hydrogen-bond acceptors (Lipinski definition) is 1. The first-order valence-electron chi connectivity index (χ1n) is 16.1. The van der Waals surface area contributed by atoms with Gasteiger partial charge in [-0.2, -0.15) is 0 Å². The van der Waals surface area contributed by atoms with Crippen LogP contribution in [0.2, 0.25) is 0 Å². The van der Waals surface area contributed by atoms with Crippen LogP contribution in [0.1, 0.15) is 5.56 Å². The van der Waals surface area contributed by atoms with E-state index < -0.39 is 0 Å². The van der Waals surface area contributed by atoms with Crippen LogP contribution >= 0.6 is 0 Å². The van der Waals surface area contributed by atoms with Crippen molar-refractivity contribution >= 4 is 62.0 Å². The Morgan fingerprint density at radius 2 is 1.09 bits per heavy atom. The van der Waals surface area contributed by atoms with Gasteiger partial charge in [0.2, 0.25) is 0 Å². The first kappa shape index (κ1) is 25.5. The second-order valence-electron chi connectivity index (χ2n) is 12.6. The van der Waals surface area contributed by atoms with Crippen molar-refractivity contribution < 1.29 is 0 Å². The summed E-state index contributed by atoms with van der Waals surface area (Å²) in [6.45, 7) is 2.35. The summed E-state index contributed by atoms with van der Waals surface area (Å²) in [6, 6.07) is 58.2. The number of aromatic nitrogens is 1. The van der Waals surface area contributed by atoms with Gasteiger partial charge in [0.25, 0.3) is 6.71 Å². The molecule has 0 unspecified atom stereocenters. The fourth-order valence-electron chi connectivity index (χ4n) is 8.08. The van der Waals surface area contributed by atoms with Crippen LogP contribution in [0.15, 0.2) is 158 Å². The molecule has 0 radical (unpaired) electrons. The summed E-state index contributed by atoms with van der Waals surface area (Å²) in [4.78, 5) is 2.47. The number of benzene rings is 7. The number of anilines is 3. The van der Waals surface area contributed by atoms with Gasteiger partial charge in [-0.05, 0) is 99.7 Å². The van der Waals surface area contributed by atoms with Crippen molar-refractivity contribution in [3.8, 4) is 27.9 Å². The molecule has 0 N–H and O–H groups in total. The summed E-state index contributed by atoms with van der Waals surface area (Å²) in [6.07, 6.45) is 0. The highest BCUT2D eigenvalue weighted by Gasteiger charge is 2.42. The average Bonchev–Trinajstić information content (AvgIpc) is 3.45. The lowest BCUT2D eigenvalue weighted by atomic mass is 9.33. The summed E-state index contributed by atoms with van der Waals surface area (Å²) >= 11 is 0. The minimum absolute atomic E-state index is 0.110.